The molecule has 0 radical (unpaired) electrons. The molecule has 3 atom stereocenters. The van der Waals surface area contributed by atoms with Gasteiger partial charge in [-0.15, -0.1) is 0 Å². The first-order valence-corrected chi connectivity index (χ1v) is 10.1. The molecule has 1 saturated heterocycles. The maximum absolute atomic E-state index is 12.0. The number of hydrogen-bond donors (Lipinski definition) is 2. The van der Waals surface area contributed by atoms with Crippen LogP contribution in [0.2, 0.25) is 0 Å². The number of H-pyrrole nitrogens is 1. The molecule has 1 aliphatic rings. The summed E-state index contributed by atoms with van der Waals surface area (Å²) in [5, 5.41) is 10.2. The lowest BCUT2D eigenvalue weighted by Crippen LogP contribution is -2.33. The van der Waals surface area contributed by atoms with E-state index in [1.807, 2.05) is 42.5 Å². The predicted octanol–water partition coefficient (Wildman–Crippen LogP) is 2.38. The first-order valence-electron chi connectivity index (χ1n) is 10.1. The topological polar surface area (TPSA) is 120 Å². The van der Waals surface area contributed by atoms with Crippen molar-refractivity contribution in [2.24, 2.45) is 0 Å². The molecule has 32 heavy (non-hydrogen) atoms. The first kappa shape index (κ1) is 21.5. The SMILES string of the molecule is Cc1cn([C@H]2C[C@H](O)[C@@H](COC(=O)Oc3ccc(-c4ccccc4)cc3)O2)c(=O)[nH]c1=O. The lowest BCUT2D eigenvalue weighted by Gasteiger charge is -2.16. The third-order valence-electron chi connectivity index (χ3n) is 5.19. The van der Waals surface area contributed by atoms with Gasteiger partial charge < -0.3 is 19.3 Å². The van der Waals surface area contributed by atoms with Gasteiger partial charge >= 0.3 is 11.8 Å². The number of nitrogens with zero attached hydrogens (tertiary/aromatic N) is 1. The van der Waals surface area contributed by atoms with Crippen molar-refractivity contribution in [1.82, 2.24) is 9.55 Å². The van der Waals surface area contributed by atoms with E-state index in [-0.39, 0.29) is 13.0 Å². The molecule has 9 heteroatoms. The summed E-state index contributed by atoms with van der Waals surface area (Å²) in [6.45, 7) is 1.30. The van der Waals surface area contributed by atoms with Crippen LogP contribution in [0.1, 0.15) is 18.2 Å². The highest BCUT2D eigenvalue weighted by Gasteiger charge is 2.36. The molecule has 9 nitrogen and oxygen atoms in total. The third-order valence-corrected chi connectivity index (χ3v) is 5.19. The van der Waals surface area contributed by atoms with Gasteiger partial charge in [-0.25, -0.2) is 9.59 Å². The fraction of sp³-hybridized carbons (Fsp3) is 0.261. The Bertz CT molecular complexity index is 1200. The highest BCUT2D eigenvalue weighted by molar-refractivity contribution is 5.67. The van der Waals surface area contributed by atoms with Crippen molar-refractivity contribution in [3.05, 3.63) is 87.2 Å². The highest BCUT2D eigenvalue weighted by atomic mass is 16.7. The summed E-state index contributed by atoms with van der Waals surface area (Å²) < 4.78 is 17.1. The number of nitrogens with one attached hydrogen (secondary N) is 1. The molecule has 0 unspecified atom stereocenters. The standard InChI is InChI=1S/C23H22N2O7/c1-14-12-25(22(28)24-21(14)27)20-11-18(26)19(32-20)13-30-23(29)31-17-9-7-16(8-10-17)15-5-3-2-4-6-15/h2-10,12,18-20,26H,11,13H2,1H3,(H,24,27,28)/t18-,19+,20+/m0/s1. The van der Waals surface area contributed by atoms with Crippen LogP contribution in [0, 0.1) is 6.92 Å². The molecule has 166 valence electrons. The number of aromatic nitrogens is 2. The number of aromatic amines is 1. The number of ether oxygens (including phenoxy) is 3. The molecule has 0 aliphatic carbocycles. The summed E-state index contributed by atoms with van der Waals surface area (Å²) in [6.07, 6.45) is -2.05. The number of rotatable bonds is 5. The van der Waals surface area contributed by atoms with Crippen LogP contribution in [-0.2, 0) is 9.47 Å². The van der Waals surface area contributed by atoms with Crippen molar-refractivity contribution in [2.75, 3.05) is 6.61 Å². The lowest BCUT2D eigenvalue weighted by molar-refractivity contribution is -0.0537. The van der Waals surface area contributed by atoms with Gasteiger partial charge in [-0.3, -0.25) is 14.3 Å². The number of aryl methyl sites for hydroxylation is 1. The molecule has 3 aromatic rings. The quantitative estimate of drug-likeness (QED) is 0.464. The second-order valence-corrected chi connectivity index (χ2v) is 7.46. The van der Waals surface area contributed by atoms with Crippen molar-refractivity contribution < 1.29 is 24.1 Å². The van der Waals surface area contributed by atoms with Crippen molar-refractivity contribution in [1.29, 1.82) is 0 Å². The molecular formula is C23H22N2O7. The summed E-state index contributed by atoms with van der Waals surface area (Å²) in [5.41, 5.74) is 1.24. The highest BCUT2D eigenvalue weighted by Crippen LogP contribution is 2.28. The zero-order chi connectivity index (χ0) is 22.7. The van der Waals surface area contributed by atoms with Crippen molar-refractivity contribution in [3.8, 4) is 16.9 Å². The largest absolute Gasteiger partial charge is 0.513 e. The van der Waals surface area contributed by atoms with Crippen LogP contribution in [-0.4, -0.2) is 39.6 Å². The van der Waals surface area contributed by atoms with Gasteiger partial charge in [0.25, 0.3) is 5.56 Å². The van der Waals surface area contributed by atoms with E-state index in [2.05, 4.69) is 4.98 Å². The Hall–Kier alpha value is -3.69. The number of carbonyl (C=O) groups excluding carboxylic acids is 1. The molecule has 4 rings (SSSR count). The molecule has 0 spiro atoms. The van der Waals surface area contributed by atoms with Crippen molar-refractivity contribution in [3.63, 3.8) is 0 Å². The third kappa shape index (κ3) is 4.79. The number of benzene rings is 2. The van der Waals surface area contributed by atoms with Gasteiger partial charge in [0, 0.05) is 18.2 Å². The Morgan fingerprint density at radius 2 is 1.81 bits per heavy atom. The Kier molecular flexibility index (Phi) is 6.20. The van der Waals surface area contributed by atoms with E-state index in [1.165, 1.54) is 10.8 Å². The van der Waals surface area contributed by atoms with Crippen LogP contribution in [0.15, 0.2) is 70.4 Å². The Morgan fingerprint density at radius 3 is 2.53 bits per heavy atom. The minimum absolute atomic E-state index is 0.107. The van der Waals surface area contributed by atoms with Crippen molar-refractivity contribution >= 4 is 6.16 Å². The molecule has 0 amide bonds. The minimum atomic E-state index is -0.961. The van der Waals surface area contributed by atoms with Gasteiger partial charge in [0.05, 0.1) is 6.10 Å². The van der Waals surface area contributed by atoms with Crippen LogP contribution in [0.3, 0.4) is 0 Å². The molecule has 0 bridgehead atoms. The monoisotopic (exact) mass is 438 g/mol. The fourth-order valence-corrected chi connectivity index (χ4v) is 3.46. The lowest BCUT2D eigenvalue weighted by atomic mass is 10.1. The van der Waals surface area contributed by atoms with Gasteiger partial charge in [-0.2, -0.15) is 0 Å². The van der Waals surface area contributed by atoms with E-state index in [4.69, 9.17) is 14.2 Å². The van der Waals surface area contributed by atoms with Gasteiger partial charge in [0.1, 0.15) is 24.7 Å². The van der Waals surface area contributed by atoms with E-state index in [0.717, 1.165) is 11.1 Å². The van der Waals surface area contributed by atoms with Crippen LogP contribution >= 0.6 is 0 Å². The van der Waals surface area contributed by atoms with Crippen LogP contribution in [0.25, 0.3) is 11.1 Å². The fourth-order valence-electron chi connectivity index (χ4n) is 3.46. The summed E-state index contributed by atoms with van der Waals surface area (Å²) in [6, 6.07) is 16.7. The molecule has 1 aromatic heterocycles. The van der Waals surface area contributed by atoms with Crippen molar-refractivity contribution in [2.45, 2.75) is 31.8 Å². The van der Waals surface area contributed by atoms with Gasteiger partial charge in [0.2, 0.25) is 0 Å². The van der Waals surface area contributed by atoms with E-state index in [0.29, 0.717) is 11.3 Å². The second-order valence-electron chi connectivity index (χ2n) is 7.46. The van der Waals surface area contributed by atoms with E-state index in [1.54, 1.807) is 19.1 Å². The molecule has 2 aromatic carbocycles. The summed E-state index contributed by atoms with van der Waals surface area (Å²) in [5.74, 6) is 0.315. The Morgan fingerprint density at radius 1 is 1.12 bits per heavy atom. The molecule has 0 saturated carbocycles. The Balaban J connectivity index is 1.32. The Labute approximate surface area is 182 Å². The zero-order valence-corrected chi connectivity index (χ0v) is 17.3. The zero-order valence-electron chi connectivity index (χ0n) is 17.3. The van der Waals surface area contributed by atoms with Crippen LogP contribution in [0.4, 0.5) is 4.79 Å². The average Bonchev–Trinajstić information content (AvgIpc) is 3.16. The summed E-state index contributed by atoms with van der Waals surface area (Å²) >= 11 is 0. The van der Waals surface area contributed by atoms with E-state index < -0.39 is 35.8 Å². The molecule has 2 N–H and O–H groups in total. The first-order chi connectivity index (χ1) is 15.4. The van der Waals surface area contributed by atoms with Crippen LogP contribution in [0.5, 0.6) is 5.75 Å². The average molecular weight is 438 g/mol. The maximum Gasteiger partial charge on any atom is 0.513 e. The van der Waals surface area contributed by atoms with E-state index in [9.17, 15) is 19.5 Å². The normalized spacial score (nSPS) is 20.1. The molecular weight excluding hydrogens is 416 g/mol. The minimum Gasteiger partial charge on any atom is -0.431 e. The number of aliphatic hydroxyl groups excluding tert-OH is 1. The number of aliphatic hydroxyl groups is 1. The summed E-state index contributed by atoms with van der Waals surface area (Å²) in [7, 11) is 0. The van der Waals surface area contributed by atoms with Gasteiger partial charge in [-0.1, -0.05) is 42.5 Å². The molecule has 2 heterocycles. The number of hydrogen-bond acceptors (Lipinski definition) is 7. The van der Waals surface area contributed by atoms with E-state index >= 15 is 0 Å². The van der Waals surface area contributed by atoms with Gasteiger partial charge in [-0.05, 0) is 30.2 Å². The second kappa shape index (κ2) is 9.21. The molecule has 1 aliphatic heterocycles. The smallest absolute Gasteiger partial charge is 0.431 e. The van der Waals surface area contributed by atoms with Crippen LogP contribution < -0.4 is 16.0 Å². The maximum atomic E-state index is 12.0. The van der Waals surface area contributed by atoms with Gasteiger partial charge in [0.15, 0.2) is 0 Å². The predicted molar refractivity (Wildman–Crippen MR) is 114 cm³/mol. The summed E-state index contributed by atoms with van der Waals surface area (Å²) in [4.78, 5) is 37.8. The molecule has 1 fully saturated rings. The number of carbonyl (C=O) groups is 1.